The van der Waals surface area contributed by atoms with Gasteiger partial charge < -0.3 is 0 Å². The summed E-state index contributed by atoms with van der Waals surface area (Å²) in [6.07, 6.45) is 4.04. The highest BCUT2D eigenvalue weighted by molar-refractivity contribution is 5.69. The van der Waals surface area contributed by atoms with Gasteiger partial charge in [0.05, 0.1) is 5.69 Å². The second-order valence-corrected chi connectivity index (χ2v) is 4.51. The predicted molar refractivity (Wildman–Crippen MR) is 73.7 cm³/mol. The van der Waals surface area contributed by atoms with Gasteiger partial charge in [0, 0.05) is 6.20 Å². The minimum atomic E-state index is 1.02. The van der Waals surface area contributed by atoms with Crippen LogP contribution in [0.4, 0.5) is 0 Å². The summed E-state index contributed by atoms with van der Waals surface area (Å²) in [6.45, 7) is 6.27. The zero-order chi connectivity index (χ0) is 12.3. The highest BCUT2D eigenvalue weighted by Crippen LogP contribution is 2.23. The normalized spacial score (nSPS) is 10.1. The molecule has 1 aromatic carbocycles. The summed E-state index contributed by atoms with van der Waals surface area (Å²) >= 11 is 0. The Balaban J connectivity index is 2.51. The molecule has 2 rings (SSSR count). The van der Waals surface area contributed by atoms with E-state index >= 15 is 0 Å². The Labute approximate surface area is 103 Å². The molecule has 0 saturated carbocycles. The van der Waals surface area contributed by atoms with Gasteiger partial charge in [0.2, 0.25) is 0 Å². The predicted octanol–water partition coefficient (Wildman–Crippen LogP) is 4.48. The maximum Gasteiger partial charge on any atom is 0.0635 e. The van der Waals surface area contributed by atoms with E-state index in [9.17, 15) is 0 Å². The molecule has 86 valence electrons. The molecule has 0 saturated heterocycles. The van der Waals surface area contributed by atoms with E-state index in [0.717, 1.165) is 5.69 Å². The minimum absolute atomic E-state index is 1.02. The Morgan fingerprint density at radius 1 is 1.12 bits per heavy atom. The van der Waals surface area contributed by atoms with Crippen molar-refractivity contribution in [1.29, 1.82) is 0 Å². The lowest BCUT2D eigenvalue weighted by atomic mass is 10.0. The van der Waals surface area contributed by atoms with Crippen LogP contribution in [0.1, 0.15) is 25.1 Å². The van der Waals surface area contributed by atoms with E-state index in [-0.39, 0.29) is 0 Å². The van der Waals surface area contributed by atoms with Gasteiger partial charge in [0.1, 0.15) is 0 Å². The monoisotopic (exact) mass is 223 g/mol. The van der Waals surface area contributed by atoms with Crippen LogP contribution in [0, 0.1) is 6.92 Å². The number of allylic oxidation sites excluding steroid dienone is 1. The molecule has 1 aromatic heterocycles. The maximum atomic E-state index is 4.43. The number of aromatic nitrogens is 1. The van der Waals surface area contributed by atoms with E-state index in [1.807, 2.05) is 12.3 Å². The molecule has 0 atom stereocenters. The van der Waals surface area contributed by atoms with Crippen LogP contribution in [0.25, 0.3) is 17.2 Å². The molecule has 0 radical (unpaired) electrons. The quantitative estimate of drug-likeness (QED) is 0.731. The molecule has 1 heteroatoms. The third kappa shape index (κ3) is 2.82. The first-order valence-electron chi connectivity index (χ1n) is 5.84. The third-order valence-electron chi connectivity index (χ3n) is 2.65. The van der Waals surface area contributed by atoms with Crippen molar-refractivity contribution < 1.29 is 0 Å². The number of aryl methyl sites for hydroxylation is 1. The molecule has 0 spiro atoms. The molecule has 0 fully saturated rings. The van der Waals surface area contributed by atoms with Gasteiger partial charge in [-0.2, -0.15) is 0 Å². The molecule has 0 N–H and O–H groups in total. The first-order chi connectivity index (χ1) is 8.16. The topological polar surface area (TPSA) is 12.9 Å². The van der Waals surface area contributed by atoms with Gasteiger partial charge in [-0.1, -0.05) is 35.9 Å². The lowest BCUT2D eigenvalue weighted by Crippen LogP contribution is -1.88. The lowest BCUT2D eigenvalue weighted by molar-refractivity contribution is 1.24. The van der Waals surface area contributed by atoms with E-state index in [0.29, 0.717) is 0 Å². The average molecular weight is 223 g/mol. The van der Waals surface area contributed by atoms with E-state index in [4.69, 9.17) is 0 Å². The largest absolute Gasteiger partial charge is 0.257 e. The fraction of sp³-hybridized carbons (Fsp3) is 0.188. The van der Waals surface area contributed by atoms with Gasteiger partial charge >= 0.3 is 0 Å². The summed E-state index contributed by atoms with van der Waals surface area (Å²) in [6, 6.07) is 12.6. The fourth-order valence-electron chi connectivity index (χ4n) is 1.84. The van der Waals surface area contributed by atoms with Crippen molar-refractivity contribution in [1.82, 2.24) is 4.98 Å². The van der Waals surface area contributed by atoms with Crippen LogP contribution in [0.5, 0.6) is 0 Å². The number of benzene rings is 1. The van der Waals surface area contributed by atoms with Crippen molar-refractivity contribution >= 4 is 6.08 Å². The van der Waals surface area contributed by atoms with Gasteiger partial charge in [0.25, 0.3) is 0 Å². The molecule has 2 aromatic rings. The molecule has 1 nitrogen and oxygen atoms in total. The van der Waals surface area contributed by atoms with Crippen LogP contribution >= 0.6 is 0 Å². The number of rotatable bonds is 2. The average Bonchev–Trinajstić information content (AvgIpc) is 2.32. The summed E-state index contributed by atoms with van der Waals surface area (Å²) in [4.78, 5) is 4.43. The zero-order valence-electron chi connectivity index (χ0n) is 10.6. The Morgan fingerprint density at radius 2 is 1.82 bits per heavy atom. The summed E-state index contributed by atoms with van der Waals surface area (Å²) in [5.41, 5.74) is 6.00. The van der Waals surface area contributed by atoms with Gasteiger partial charge in [-0.05, 0) is 49.6 Å². The maximum absolute atomic E-state index is 4.43. The first kappa shape index (κ1) is 11.6. The molecular weight excluding hydrogens is 206 g/mol. The van der Waals surface area contributed by atoms with Crippen molar-refractivity contribution in [3.8, 4) is 11.1 Å². The summed E-state index contributed by atoms with van der Waals surface area (Å²) in [5.74, 6) is 0. The molecule has 0 aliphatic carbocycles. The lowest BCUT2D eigenvalue weighted by Gasteiger charge is -2.07. The van der Waals surface area contributed by atoms with Crippen LogP contribution in [0.3, 0.4) is 0 Å². The molecule has 0 bridgehead atoms. The minimum Gasteiger partial charge on any atom is -0.257 e. The van der Waals surface area contributed by atoms with Crippen molar-refractivity contribution in [3.05, 3.63) is 59.4 Å². The molecule has 0 amide bonds. The molecule has 0 aliphatic heterocycles. The van der Waals surface area contributed by atoms with E-state index in [2.05, 4.69) is 62.2 Å². The van der Waals surface area contributed by atoms with E-state index in [1.165, 1.54) is 22.3 Å². The van der Waals surface area contributed by atoms with E-state index < -0.39 is 0 Å². The van der Waals surface area contributed by atoms with Crippen LogP contribution < -0.4 is 0 Å². The Hall–Kier alpha value is -1.89. The van der Waals surface area contributed by atoms with Gasteiger partial charge in [0.15, 0.2) is 0 Å². The van der Waals surface area contributed by atoms with Gasteiger partial charge in [-0.25, -0.2) is 0 Å². The molecule has 17 heavy (non-hydrogen) atoms. The Morgan fingerprint density at radius 3 is 2.47 bits per heavy atom. The van der Waals surface area contributed by atoms with Crippen LogP contribution in [-0.4, -0.2) is 4.98 Å². The molecule has 1 heterocycles. The highest BCUT2D eigenvalue weighted by Gasteiger charge is 2.02. The summed E-state index contributed by atoms with van der Waals surface area (Å²) < 4.78 is 0. The van der Waals surface area contributed by atoms with Crippen molar-refractivity contribution in [3.63, 3.8) is 0 Å². The number of hydrogen-bond donors (Lipinski definition) is 0. The van der Waals surface area contributed by atoms with E-state index in [1.54, 1.807) is 0 Å². The summed E-state index contributed by atoms with van der Waals surface area (Å²) in [7, 11) is 0. The van der Waals surface area contributed by atoms with Gasteiger partial charge in [-0.3, -0.25) is 4.98 Å². The second-order valence-electron chi connectivity index (χ2n) is 4.51. The summed E-state index contributed by atoms with van der Waals surface area (Å²) in [5, 5.41) is 0. The van der Waals surface area contributed by atoms with Crippen LogP contribution in [-0.2, 0) is 0 Å². The Bertz CT molecular complexity index is 535. The van der Waals surface area contributed by atoms with Crippen molar-refractivity contribution in [2.75, 3.05) is 0 Å². The second kappa shape index (κ2) is 4.96. The smallest absolute Gasteiger partial charge is 0.0635 e. The van der Waals surface area contributed by atoms with Gasteiger partial charge in [-0.15, -0.1) is 0 Å². The number of nitrogens with zero attached hydrogens (tertiary/aromatic N) is 1. The standard InChI is InChI=1S/C16H17N/c1-12(2)9-15-10-16(13(3)11-17-15)14-7-5-4-6-8-14/h4-11H,1-3H3. The number of pyridine rings is 1. The molecule has 0 aliphatic rings. The Kier molecular flexibility index (Phi) is 3.38. The van der Waals surface area contributed by atoms with Crippen LogP contribution in [0.2, 0.25) is 0 Å². The SMILES string of the molecule is CC(C)=Cc1cc(-c2ccccc2)c(C)cn1. The van der Waals surface area contributed by atoms with Crippen molar-refractivity contribution in [2.45, 2.75) is 20.8 Å². The van der Waals surface area contributed by atoms with Crippen molar-refractivity contribution in [2.24, 2.45) is 0 Å². The van der Waals surface area contributed by atoms with Crippen LogP contribution in [0.15, 0.2) is 48.2 Å². The molecule has 0 unspecified atom stereocenters. The number of hydrogen-bond acceptors (Lipinski definition) is 1. The highest BCUT2D eigenvalue weighted by atomic mass is 14.7. The third-order valence-corrected chi connectivity index (χ3v) is 2.65. The zero-order valence-corrected chi connectivity index (χ0v) is 10.6. The first-order valence-corrected chi connectivity index (χ1v) is 5.84. The molecular formula is C16H17N. The fourth-order valence-corrected chi connectivity index (χ4v) is 1.84.